The summed E-state index contributed by atoms with van der Waals surface area (Å²) in [6.07, 6.45) is -0.00513. The molecule has 0 saturated carbocycles. The molecule has 1 saturated heterocycles. The number of rotatable bonds is 5. The SMILES string of the molecule is O=C(N[C@@H](C(=O)[O-])c1ccccc1)[C@H]1CC(=O)N(c2ccc3c(c2)OCO3)C1. The van der Waals surface area contributed by atoms with E-state index in [0.717, 1.165) is 0 Å². The summed E-state index contributed by atoms with van der Waals surface area (Å²) >= 11 is 0. The third kappa shape index (κ3) is 3.36. The first-order valence-electron chi connectivity index (χ1n) is 8.79. The number of carbonyl (C=O) groups is 3. The van der Waals surface area contributed by atoms with Crippen molar-refractivity contribution in [3.8, 4) is 11.5 Å². The van der Waals surface area contributed by atoms with E-state index in [1.807, 2.05) is 0 Å². The second-order valence-electron chi connectivity index (χ2n) is 6.61. The van der Waals surface area contributed by atoms with Crippen LogP contribution in [0, 0.1) is 5.92 Å². The minimum absolute atomic E-state index is 0.00513. The molecule has 8 heteroatoms. The Kier molecular flexibility index (Phi) is 4.60. The van der Waals surface area contributed by atoms with Crippen molar-refractivity contribution in [2.24, 2.45) is 5.92 Å². The molecule has 0 aliphatic carbocycles. The highest BCUT2D eigenvalue weighted by molar-refractivity contribution is 6.01. The molecule has 2 aromatic carbocycles. The number of fused-ring (bicyclic) bond motifs is 1. The lowest BCUT2D eigenvalue weighted by molar-refractivity contribution is -0.308. The van der Waals surface area contributed by atoms with Crippen LogP contribution in [0.25, 0.3) is 0 Å². The smallest absolute Gasteiger partial charge is 0.231 e. The molecule has 4 rings (SSSR count). The average Bonchev–Trinajstić information content (AvgIpc) is 3.32. The molecule has 144 valence electrons. The van der Waals surface area contributed by atoms with E-state index >= 15 is 0 Å². The highest BCUT2D eigenvalue weighted by atomic mass is 16.7. The molecule has 2 aliphatic rings. The number of hydrogen-bond donors (Lipinski definition) is 1. The van der Waals surface area contributed by atoms with Crippen molar-refractivity contribution in [1.29, 1.82) is 0 Å². The third-order valence-corrected chi connectivity index (χ3v) is 4.82. The number of nitrogens with one attached hydrogen (secondary N) is 1. The van der Waals surface area contributed by atoms with Crippen LogP contribution in [0.5, 0.6) is 11.5 Å². The van der Waals surface area contributed by atoms with Gasteiger partial charge in [-0.1, -0.05) is 30.3 Å². The van der Waals surface area contributed by atoms with Gasteiger partial charge in [0.25, 0.3) is 0 Å². The quantitative estimate of drug-likeness (QED) is 0.802. The van der Waals surface area contributed by atoms with Gasteiger partial charge in [-0.15, -0.1) is 0 Å². The Morgan fingerprint density at radius 2 is 1.86 bits per heavy atom. The van der Waals surface area contributed by atoms with Gasteiger partial charge in [-0.25, -0.2) is 0 Å². The van der Waals surface area contributed by atoms with E-state index in [4.69, 9.17) is 9.47 Å². The lowest BCUT2D eigenvalue weighted by Crippen LogP contribution is -2.44. The predicted octanol–water partition coefficient (Wildman–Crippen LogP) is 0.376. The van der Waals surface area contributed by atoms with Gasteiger partial charge in [0.05, 0.1) is 17.9 Å². The maximum Gasteiger partial charge on any atom is 0.231 e. The second-order valence-corrected chi connectivity index (χ2v) is 6.61. The number of hydrogen-bond acceptors (Lipinski definition) is 6. The molecule has 1 fully saturated rings. The molecule has 0 bridgehead atoms. The molecule has 0 spiro atoms. The van der Waals surface area contributed by atoms with Crippen LogP contribution in [0.4, 0.5) is 5.69 Å². The van der Waals surface area contributed by atoms with Crippen LogP contribution in [0.2, 0.25) is 0 Å². The molecule has 2 aliphatic heterocycles. The van der Waals surface area contributed by atoms with E-state index in [2.05, 4.69) is 5.32 Å². The minimum atomic E-state index is -1.41. The summed E-state index contributed by atoms with van der Waals surface area (Å²) in [7, 11) is 0. The number of benzene rings is 2. The van der Waals surface area contributed by atoms with E-state index in [1.165, 1.54) is 4.90 Å². The fourth-order valence-corrected chi connectivity index (χ4v) is 3.37. The molecule has 0 radical (unpaired) electrons. The Morgan fingerprint density at radius 1 is 1.11 bits per heavy atom. The average molecular weight is 381 g/mol. The Morgan fingerprint density at radius 3 is 2.61 bits per heavy atom. The van der Waals surface area contributed by atoms with Crippen LogP contribution in [0.1, 0.15) is 18.0 Å². The summed E-state index contributed by atoms with van der Waals surface area (Å²) in [6.45, 7) is 0.279. The van der Waals surface area contributed by atoms with Crippen molar-refractivity contribution >= 4 is 23.5 Å². The van der Waals surface area contributed by atoms with Crippen LogP contribution in [-0.4, -0.2) is 31.1 Å². The summed E-state index contributed by atoms with van der Waals surface area (Å²) in [6, 6.07) is 12.1. The number of carboxylic acid groups (broad SMARTS) is 1. The molecule has 8 nitrogen and oxygen atoms in total. The maximum absolute atomic E-state index is 12.6. The van der Waals surface area contributed by atoms with Crippen molar-refractivity contribution in [3.05, 3.63) is 54.1 Å². The van der Waals surface area contributed by atoms with Crippen molar-refractivity contribution in [3.63, 3.8) is 0 Å². The Labute approximate surface area is 160 Å². The van der Waals surface area contributed by atoms with Gasteiger partial charge in [-0.2, -0.15) is 0 Å². The van der Waals surface area contributed by atoms with E-state index in [0.29, 0.717) is 22.7 Å². The first-order chi connectivity index (χ1) is 13.5. The molecule has 0 unspecified atom stereocenters. The zero-order valence-electron chi connectivity index (χ0n) is 14.8. The fraction of sp³-hybridized carbons (Fsp3) is 0.250. The topological polar surface area (TPSA) is 108 Å². The van der Waals surface area contributed by atoms with Gasteiger partial charge < -0.3 is 29.6 Å². The normalized spacial score (nSPS) is 18.8. The highest BCUT2D eigenvalue weighted by Gasteiger charge is 2.36. The van der Waals surface area contributed by atoms with E-state index in [-0.39, 0.29) is 25.7 Å². The second kappa shape index (κ2) is 7.22. The largest absolute Gasteiger partial charge is 0.548 e. The molecule has 2 heterocycles. The Balaban J connectivity index is 1.47. The molecule has 1 N–H and O–H groups in total. The number of carboxylic acids is 1. The highest BCUT2D eigenvalue weighted by Crippen LogP contribution is 2.37. The van der Waals surface area contributed by atoms with E-state index in [9.17, 15) is 19.5 Å². The van der Waals surface area contributed by atoms with Crippen LogP contribution in [-0.2, 0) is 14.4 Å². The Hall–Kier alpha value is -3.55. The molecule has 2 aromatic rings. The molecular weight excluding hydrogens is 364 g/mol. The summed E-state index contributed by atoms with van der Waals surface area (Å²) in [5.41, 5.74) is 1.01. The van der Waals surface area contributed by atoms with Gasteiger partial charge in [0.15, 0.2) is 11.5 Å². The van der Waals surface area contributed by atoms with Crippen molar-refractivity contribution in [2.75, 3.05) is 18.2 Å². The van der Waals surface area contributed by atoms with E-state index in [1.54, 1.807) is 48.5 Å². The van der Waals surface area contributed by atoms with E-state index < -0.39 is 23.8 Å². The molecule has 0 aromatic heterocycles. The van der Waals surface area contributed by atoms with Crippen LogP contribution >= 0.6 is 0 Å². The summed E-state index contributed by atoms with van der Waals surface area (Å²) in [4.78, 5) is 38.0. The number of amides is 2. The molecule has 2 amide bonds. The van der Waals surface area contributed by atoms with Crippen molar-refractivity contribution in [2.45, 2.75) is 12.5 Å². The maximum atomic E-state index is 12.6. The first-order valence-corrected chi connectivity index (χ1v) is 8.79. The van der Waals surface area contributed by atoms with Crippen LogP contribution < -0.4 is 24.8 Å². The number of carbonyl (C=O) groups excluding carboxylic acids is 3. The van der Waals surface area contributed by atoms with Crippen LogP contribution in [0.15, 0.2) is 48.5 Å². The first kappa shape index (κ1) is 17.8. The fourth-order valence-electron chi connectivity index (χ4n) is 3.37. The van der Waals surface area contributed by atoms with Gasteiger partial charge in [0, 0.05) is 24.7 Å². The van der Waals surface area contributed by atoms with Gasteiger partial charge in [0.1, 0.15) is 0 Å². The lowest BCUT2D eigenvalue weighted by Gasteiger charge is -2.22. The molecule has 2 atom stereocenters. The minimum Gasteiger partial charge on any atom is -0.548 e. The number of nitrogens with zero attached hydrogens (tertiary/aromatic N) is 1. The number of aliphatic carboxylic acids is 1. The summed E-state index contributed by atoms with van der Waals surface area (Å²) in [5.74, 6) is -1.65. The third-order valence-electron chi connectivity index (χ3n) is 4.82. The summed E-state index contributed by atoms with van der Waals surface area (Å²) in [5, 5.41) is 14.0. The molecule has 28 heavy (non-hydrogen) atoms. The summed E-state index contributed by atoms with van der Waals surface area (Å²) < 4.78 is 10.6. The zero-order chi connectivity index (χ0) is 19.7. The van der Waals surface area contributed by atoms with Gasteiger partial charge in [-0.3, -0.25) is 9.59 Å². The van der Waals surface area contributed by atoms with Gasteiger partial charge >= 0.3 is 0 Å². The Bertz CT molecular complexity index is 930. The van der Waals surface area contributed by atoms with Crippen molar-refractivity contribution < 1.29 is 29.0 Å². The van der Waals surface area contributed by atoms with Crippen LogP contribution in [0.3, 0.4) is 0 Å². The van der Waals surface area contributed by atoms with Gasteiger partial charge in [0.2, 0.25) is 18.6 Å². The zero-order valence-corrected chi connectivity index (χ0v) is 14.8. The number of anilines is 1. The van der Waals surface area contributed by atoms with Crippen molar-refractivity contribution in [1.82, 2.24) is 5.32 Å². The monoisotopic (exact) mass is 381 g/mol. The molecular formula is C20H17N2O6-. The van der Waals surface area contributed by atoms with Gasteiger partial charge in [-0.05, 0) is 17.7 Å². The number of ether oxygens (including phenoxy) is 2. The standard InChI is InChI=1S/C20H18N2O6/c23-17-8-13(10-22(17)14-6-7-15-16(9-14)28-11-27-15)19(24)21-18(20(25)26)12-4-2-1-3-5-12/h1-7,9,13,18H,8,10-11H2,(H,21,24)(H,25,26)/p-1/t13-,18+/m0/s1. The predicted molar refractivity (Wildman–Crippen MR) is 95.4 cm³/mol. The lowest BCUT2D eigenvalue weighted by atomic mass is 10.0.